The number of hydrogen-bond acceptors (Lipinski definition) is 6. The van der Waals surface area contributed by atoms with Crippen LogP contribution in [0.2, 0.25) is 0 Å². The van der Waals surface area contributed by atoms with Crippen molar-refractivity contribution in [2.75, 3.05) is 31.3 Å². The summed E-state index contributed by atoms with van der Waals surface area (Å²) in [6.07, 6.45) is 2.79. The highest BCUT2D eigenvalue weighted by Crippen LogP contribution is 2.11. The molecule has 0 spiro atoms. The van der Waals surface area contributed by atoms with Crippen molar-refractivity contribution >= 4 is 11.6 Å². The van der Waals surface area contributed by atoms with Gasteiger partial charge in [0.05, 0.1) is 5.69 Å². The van der Waals surface area contributed by atoms with Crippen LogP contribution in [-0.4, -0.2) is 40.5 Å². The van der Waals surface area contributed by atoms with Gasteiger partial charge in [-0.2, -0.15) is 5.10 Å². The molecule has 0 aliphatic carbocycles. The van der Waals surface area contributed by atoms with E-state index in [9.17, 15) is 0 Å². The molecule has 0 saturated carbocycles. The molecular formula is C13H20N6O. The van der Waals surface area contributed by atoms with Crippen molar-refractivity contribution in [3.63, 3.8) is 0 Å². The standard InChI is InChI=1S/C13H20N6O/c1-14-11-8-12(17-13(16-11)9-20-3)15-6-4-10-5-7-19(2)18-10/h5,7-8H,4,6,9H2,1-3H3,(H2,14,15,16,17). The monoisotopic (exact) mass is 276 g/mol. The minimum Gasteiger partial charge on any atom is -0.377 e. The molecule has 0 fully saturated rings. The number of ether oxygens (including phenoxy) is 1. The average molecular weight is 276 g/mol. The molecule has 2 aromatic rings. The SMILES string of the molecule is CNc1cc(NCCc2ccn(C)n2)nc(COC)n1. The number of methoxy groups -OCH3 is 1. The first-order chi connectivity index (χ1) is 9.71. The number of anilines is 2. The molecule has 0 bridgehead atoms. The highest BCUT2D eigenvalue weighted by molar-refractivity contribution is 5.47. The Hall–Kier alpha value is -2.15. The molecule has 0 saturated heterocycles. The van der Waals surface area contributed by atoms with Gasteiger partial charge in [0.2, 0.25) is 0 Å². The molecule has 0 unspecified atom stereocenters. The maximum Gasteiger partial charge on any atom is 0.158 e. The van der Waals surface area contributed by atoms with E-state index in [1.807, 2.05) is 32.4 Å². The Labute approximate surface area is 118 Å². The Morgan fingerprint density at radius 3 is 2.75 bits per heavy atom. The Bertz CT molecular complexity index is 554. The molecule has 7 heteroatoms. The van der Waals surface area contributed by atoms with Crippen molar-refractivity contribution in [2.24, 2.45) is 7.05 Å². The molecule has 2 aromatic heterocycles. The maximum absolute atomic E-state index is 5.07. The molecule has 0 aliphatic rings. The first kappa shape index (κ1) is 14.3. The predicted octanol–water partition coefficient (Wildman–Crippen LogP) is 1.05. The normalized spacial score (nSPS) is 10.6. The molecule has 20 heavy (non-hydrogen) atoms. The molecule has 7 nitrogen and oxygen atoms in total. The lowest BCUT2D eigenvalue weighted by Gasteiger charge is -2.09. The minimum atomic E-state index is 0.393. The number of rotatable bonds is 7. The van der Waals surface area contributed by atoms with Gasteiger partial charge in [0, 0.05) is 46.4 Å². The van der Waals surface area contributed by atoms with Gasteiger partial charge < -0.3 is 15.4 Å². The second kappa shape index (κ2) is 6.85. The van der Waals surface area contributed by atoms with Crippen molar-refractivity contribution in [2.45, 2.75) is 13.0 Å². The number of aryl methyl sites for hydroxylation is 1. The molecule has 2 rings (SSSR count). The zero-order valence-corrected chi connectivity index (χ0v) is 12.1. The lowest BCUT2D eigenvalue weighted by atomic mass is 10.3. The van der Waals surface area contributed by atoms with Crippen molar-refractivity contribution in [3.8, 4) is 0 Å². The Morgan fingerprint density at radius 1 is 1.30 bits per heavy atom. The molecule has 0 aliphatic heterocycles. The molecule has 0 radical (unpaired) electrons. The van der Waals surface area contributed by atoms with Crippen LogP contribution in [-0.2, 0) is 24.8 Å². The largest absolute Gasteiger partial charge is 0.377 e. The van der Waals surface area contributed by atoms with E-state index in [0.29, 0.717) is 12.4 Å². The van der Waals surface area contributed by atoms with Gasteiger partial charge in [0.15, 0.2) is 5.82 Å². The van der Waals surface area contributed by atoms with Crippen molar-refractivity contribution in [3.05, 3.63) is 29.8 Å². The summed E-state index contributed by atoms with van der Waals surface area (Å²) in [5.41, 5.74) is 1.06. The van der Waals surface area contributed by atoms with E-state index >= 15 is 0 Å². The highest BCUT2D eigenvalue weighted by atomic mass is 16.5. The van der Waals surface area contributed by atoms with Crippen LogP contribution in [0, 0.1) is 0 Å². The highest BCUT2D eigenvalue weighted by Gasteiger charge is 2.04. The lowest BCUT2D eigenvalue weighted by Crippen LogP contribution is -2.10. The van der Waals surface area contributed by atoms with Crippen molar-refractivity contribution < 1.29 is 4.74 Å². The van der Waals surface area contributed by atoms with Crippen LogP contribution in [0.5, 0.6) is 0 Å². The Balaban J connectivity index is 1.95. The zero-order valence-electron chi connectivity index (χ0n) is 12.1. The number of nitrogens with zero attached hydrogens (tertiary/aromatic N) is 4. The van der Waals surface area contributed by atoms with Gasteiger partial charge in [0.25, 0.3) is 0 Å². The number of aromatic nitrogens is 4. The fourth-order valence-corrected chi connectivity index (χ4v) is 1.82. The topological polar surface area (TPSA) is 76.9 Å². The first-order valence-corrected chi connectivity index (χ1v) is 6.48. The van der Waals surface area contributed by atoms with Gasteiger partial charge in [-0.1, -0.05) is 0 Å². The smallest absolute Gasteiger partial charge is 0.158 e. The number of nitrogens with one attached hydrogen (secondary N) is 2. The van der Waals surface area contributed by atoms with E-state index in [-0.39, 0.29) is 0 Å². The summed E-state index contributed by atoms with van der Waals surface area (Å²) >= 11 is 0. The van der Waals surface area contributed by atoms with E-state index in [0.717, 1.165) is 30.3 Å². The van der Waals surface area contributed by atoms with Crippen LogP contribution >= 0.6 is 0 Å². The number of hydrogen-bond donors (Lipinski definition) is 2. The van der Waals surface area contributed by atoms with Gasteiger partial charge in [-0.05, 0) is 6.07 Å². The summed E-state index contributed by atoms with van der Waals surface area (Å²) < 4.78 is 6.87. The fourth-order valence-electron chi connectivity index (χ4n) is 1.82. The van der Waals surface area contributed by atoms with Gasteiger partial charge in [0.1, 0.15) is 18.2 Å². The van der Waals surface area contributed by atoms with Crippen LogP contribution in [0.15, 0.2) is 18.3 Å². The summed E-state index contributed by atoms with van der Waals surface area (Å²) in [6.45, 7) is 1.16. The molecule has 2 N–H and O–H groups in total. The maximum atomic E-state index is 5.07. The fraction of sp³-hybridized carbons (Fsp3) is 0.462. The molecule has 0 aromatic carbocycles. The van der Waals surface area contributed by atoms with E-state index < -0.39 is 0 Å². The van der Waals surface area contributed by atoms with Crippen LogP contribution in [0.25, 0.3) is 0 Å². The summed E-state index contributed by atoms with van der Waals surface area (Å²) in [7, 11) is 5.37. The summed E-state index contributed by atoms with van der Waals surface area (Å²) in [4.78, 5) is 8.70. The van der Waals surface area contributed by atoms with Crippen molar-refractivity contribution in [1.82, 2.24) is 19.7 Å². The van der Waals surface area contributed by atoms with Crippen molar-refractivity contribution in [1.29, 1.82) is 0 Å². The van der Waals surface area contributed by atoms with Gasteiger partial charge in [-0.25, -0.2) is 9.97 Å². The Kier molecular flexibility index (Phi) is 4.89. The van der Waals surface area contributed by atoms with E-state index in [1.54, 1.807) is 11.8 Å². The third-order valence-corrected chi connectivity index (χ3v) is 2.76. The third kappa shape index (κ3) is 3.92. The predicted molar refractivity (Wildman–Crippen MR) is 77.7 cm³/mol. The summed E-state index contributed by atoms with van der Waals surface area (Å²) in [5, 5.41) is 10.6. The van der Waals surface area contributed by atoms with Crippen LogP contribution in [0.3, 0.4) is 0 Å². The lowest BCUT2D eigenvalue weighted by molar-refractivity contribution is 0.178. The zero-order chi connectivity index (χ0) is 14.4. The Morgan fingerprint density at radius 2 is 2.10 bits per heavy atom. The van der Waals surface area contributed by atoms with Gasteiger partial charge in [-0.3, -0.25) is 4.68 Å². The van der Waals surface area contributed by atoms with E-state index in [2.05, 4.69) is 25.7 Å². The molecular weight excluding hydrogens is 256 g/mol. The molecule has 2 heterocycles. The first-order valence-electron chi connectivity index (χ1n) is 6.48. The van der Waals surface area contributed by atoms with Gasteiger partial charge in [-0.15, -0.1) is 0 Å². The van der Waals surface area contributed by atoms with E-state index in [4.69, 9.17) is 4.74 Å². The van der Waals surface area contributed by atoms with Crippen LogP contribution < -0.4 is 10.6 Å². The quantitative estimate of drug-likeness (QED) is 0.787. The second-order valence-electron chi connectivity index (χ2n) is 4.40. The minimum absolute atomic E-state index is 0.393. The second-order valence-corrected chi connectivity index (χ2v) is 4.40. The third-order valence-electron chi connectivity index (χ3n) is 2.76. The summed E-state index contributed by atoms with van der Waals surface area (Å²) in [5.74, 6) is 2.21. The van der Waals surface area contributed by atoms with E-state index in [1.165, 1.54) is 0 Å². The molecule has 0 atom stereocenters. The van der Waals surface area contributed by atoms with Crippen LogP contribution in [0.4, 0.5) is 11.6 Å². The molecule has 108 valence electrons. The average Bonchev–Trinajstić information content (AvgIpc) is 2.84. The summed E-state index contributed by atoms with van der Waals surface area (Å²) in [6, 6.07) is 3.88. The molecule has 0 amide bonds. The van der Waals surface area contributed by atoms with Gasteiger partial charge >= 0.3 is 0 Å². The van der Waals surface area contributed by atoms with Crippen LogP contribution in [0.1, 0.15) is 11.5 Å².